The van der Waals surface area contributed by atoms with E-state index in [0.717, 1.165) is 12.1 Å². The van der Waals surface area contributed by atoms with Crippen LogP contribution in [0.4, 0.5) is 0 Å². The smallest absolute Gasteiger partial charge is 0.0351 e. The van der Waals surface area contributed by atoms with Gasteiger partial charge in [-0.1, -0.05) is 0 Å². The van der Waals surface area contributed by atoms with Gasteiger partial charge in [0.15, 0.2) is 0 Å². The highest BCUT2D eigenvalue weighted by atomic mass is 15.4. The Morgan fingerprint density at radius 3 is 2.25 bits per heavy atom. The highest BCUT2D eigenvalue weighted by Crippen LogP contribution is 2.23. The van der Waals surface area contributed by atoms with E-state index in [1.54, 1.807) is 0 Å². The minimum absolute atomic E-state index is 0.851. The van der Waals surface area contributed by atoms with Gasteiger partial charge in [0.1, 0.15) is 0 Å². The Bertz CT molecular complexity index is 224. The predicted molar refractivity (Wildman–Crippen MR) is 65.7 cm³/mol. The van der Waals surface area contributed by atoms with Crippen LogP contribution in [0.3, 0.4) is 0 Å². The van der Waals surface area contributed by atoms with Crippen LogP contribution in [0.15, 0.2) is 0 Å². The van der Waals surface area contributed by atoms with E-state index in [1.807, 2.05) is 0 Å². The molecule has 0 aromatic heterocycles. The molecule has 0 aromatic rings. The fraction of sp³-hybridized carbons (Fsp3) is 1.00. The Labute approximate surface area is 98.6 Å². The number of piperazine rings is 1. The monoisotopic (exact) mass is 224 g/mol. The third-order valence-electron chi connectivity index (χ3n) is 4.44. The molecule has 0 aliphatic carbocycles. The van der Waals surface area contributed by atoms with Crippen molar-refractivity contribution in [3.63, 3.8) is 0 Å². The molecular weight excluding hydrogens is 200 g/mol. The molecule has 3 aliphatic rings. The van der Waals surface area contributed by atoms with Crippen LogP contribution in [0.5, 0.6) is 0 Å². The highest BCUT2D eigenvalue weighted by Gasteiger charge is 2.37. The summed E-state index contributed by atoms with van der Waals surface area (Å²) in [6.07, 6.45) is 1.38. The molecule has 16 heavy (non-hydrogen) atoms. The molecule has 3 saturated heterocycles. The van der Waals surface area contributed by atoms with Crippen LogP contribution in [0.1, 0.15) is 6.42 Å². The molecule has 1 atom stereocenters. The lowest BCUT2D eigenvalue weighted by atomic mass is 10.0. The summed E-state index contributed by atoms with van der Waals surface area (Å²) in [5, 5.41) is 3.43. The zero-order valence-corrected chi connectivity index (χ0v) is 10.4. The molecule has 0 saturated carbocycles. The minimum Gasteiger partial charge on any atom is -0.314 e. The predicted octanol–water partition coefficient (Wildman–Crippen LogP) is -0.720. The van der Waals surface area contributed by atoms with Crippen molar-refractivity contribution in [2.45, 2.75) is 18.5 Å². The minimum atomic E-state index is 0.851. The Morgan fingerprint density at radius 1 is 0.875 bits per heavy atom. The Kier molecular flexibility index (Phi) is 3.16. The van der Waals surface area contributed by atoms with Crippen molar-refractivity contribution in [2.75, 3.05) is 59.4 Å². The SMILES string of the molecule is CN1CCC(N2CC(N3CCNCC3)C2)C1. The van der Waals surface area contributed by atoms with E-state index in [9.17, 15) is 0 Å². The van der Waals surface area contributed by atoms with Crippen molar-refractivity contribution in [1.29, 1.82) is 0 Å². The summed E-state index contributed by atoms with van der Waals surface area (Å²) in [6.45, 7) is 10.1. The average Bonchev–Trinajstić information content (AvgIpc) is 2.64. The van der Waals surface area contributed by atoms with Gasteiger partial charge in [-0.2, -0.15) is 0 Å². The van der Waals surface area contributed by atoms with E-state index >= 15 is 0 Å². The summed E-state index contributed by atoms with van der Waals surface area (Å²) < 4.78 is 0. The van der Waals surface area contributed by atoms with E-state index in [-0.39, 0.29) is 0 Å². The first kappa shape index (κ1) is 11.0. The summed E-state index contributed by atoms with van der Waals surface area (Å²) in [5.41, 5.74) is 0. The van der Waals surface area contributed by atoms with Crippen molar-refractivity contribution in [1.82, 2.24) is 20.0 Å². The van der Waals surface area contributed by atoms with E-state index in [4.69, 9.17) is 0 Å². The van der Waals surface area contributed by atoms with Gasteiger partial charge in [-0.05, 0) is 20.0 Å². The second-order valence-corrected chi connectivity index (χ2v) is 5.60. The summed E-state index contributed by atoms with van der Waals surface area (Å²) in [6, 6.07) is 1.71. The molecule has 92 valence electrons. The van der Waals surface area contributed by atoms with Gasteiger partial charge in [0, 0.05) is 57.9 Å². The number of likely N-dealkylation sites (N-methyl/N-ethyl adjacent to an activating group) is 1. The number of rotatable bonds is 2. The lowest BCUT2D eigenvalue weighted by Gasteiger charge is -2.49. The number of likely N-dealkylation sites (tertiary alicyclic amines) is 2. The first-order valence-corrected chi connectivity index (χ1v) is 6.70. The number of hydrogen-bond acceptors (Lipinski definition) is 4. The van der Waals surface area contributed by atoms with Crippen LogP contribution < -0.4 is 5.32 Å². The summed E-state index contributed by atoms with van der Waals surface area (Å²) in [7, 11) is 2.24. The van der Waals surface area contributed by atoms with Gasteiger partial charge in [0.2, 0.25) is 0 Å². The van der Waals surface area contributed by atoms with Crippen molar-refractivity contribution >= 4 is 0 Å². The second-order valence-electron chi connectivity index (χ2n) is 5.60. The van der Waals surface area contributed by atoms with Crippen LogP contribution in [0.2, 0.25) is 0 Å². The normalized spacial score (nSPS) is 35.4. The Morgan fingerprint density at radius 2 is 1.62 bits per heavy atom. The maximum Gasteiger partial charge on any atom is 0.0351 e. The van der Waals surface area contributed by atoms with Crippen molar-refractivity contribution < 1.29 is 0 Å². The molecule has 3 fully saturated rings. The van der Waals surface area contributed by atoms with Crippen LogP contribution in [-0.4, -0.2) is 86.2 Å². The van der Waals surface area contributed by atoms with Crippen LogP contribution >= 0.6 is 0 Å². The van der Waals surface area contributed by atoms with Crippen LogP contribution in [0, 0.1) is 0 Å². The fourth-order valence-electron chi connectivity index (χ4n) is 3.27. The van der Waals surface area contributed by atoms with Gasteiger partial charge < -0.3 is 10.2 Å². The molecule has 3 heterocycles. The second kappa shape index (κ2) is 4.61. The van der Waals surface area contributed by atoms with Gasteiger partial charge in [-0.3, -0.25) is 9.80 Å². The zero-order valence-electron chi connectivity index (χ0n) is 10.4. The standard InChI is InChI=1S/C12H24N4/c1-14-5-2-11(8-14)16-9-12(10-16)15-6-3-13-4-7-15/h11-13H,2-10H2,1H3. The first-order valence-electron chi connectivity index (χ1n) is 6.70. The topological polar surface area (TPSA) is 21.8 Å². The quantitative estimate of drug-likeness (QED) is 0.668. The highest BCUT2D eigenvalue weighted by molar-refractivity contribution is 4.95. The summed E-state index contributed by atoms with van der Waals surface area (Å²) in [5.74, 6) is 0. The fourth-order valence-corrected chi connectivity index (χ4v) is 3.27. The maximum atomic E-state index is 3.43. The number of nitrogens with zero attached hydrogens (tertiary/aromatic N) is 3. The number of hydrogen-bond donors (Lipinski definition) is 1. The van der Waals surface area contributed by atoms with E-state index in [0.29, 0.717) is 0 Å². The molecule has 4 heteroatoms. The first-order chi connectivity index (χ1) is 7.83. The molecule has 0 bridgehead atoms. The molecule has 0 spiro atoms. The molecule has 3 aliphatic heterocycles. The largest absolute Gasteiger partial charge is 0.314 e. The van der Waals surface area contributed by atoms with Crippen LogP contribution in [0.25, 0.3) is 0 Å². The molecule has 1 N–H and O–H groups in total. The van der Waals surface area contributed by atoms with E-state index < -0.39 is 0 Å². The zero-order chi connectivity index (χ0) is 11.0. The van der Waals surface area contributed by atoms with E-state index in [2.05, 4.69) is 27.1 Å². The van der Waals surface area contributed by atoms with Gasteiger partial charge in [0.25, 0.3) is 0 Å². The number of nitrogens with one attached hydrogen (secondary N) is 1. The molecule has 0 radical (unpaired) electrons. The van der Waals surface area contributed by atoms with Crippen molar-refractivity contribution in [3.8, 4) is 0 Å². The van der Waals surface area contributed by atoms with Crippen molar-refractivity contribution in [3.05, 3.63) is 0 Å². The maximum absolute atomic E-state index is 3.43. The lowest BCUT2D eigenvalue weighted by Crippen LogP contribution is -2.65. The molecule has 4 nitrogen and oxygen atoms in total. The van der Waals surface area contributed by atoms with Gasteiger partial charge in [-0.15, -0.1) is 0 Å². The van der Waals surface area contributed by atoms with Gasteiger partial charge in [0.05, 0.1) is 0 Å². The lowest BCUT2D eigenvalue weighted by molar-refractivity contribution is 0.00257. The molecule has 0 amide bonds. The Hall–Kier alpha value is -0.160. The van der Waals surface area contributed by atoms with Crippen molar-refractivity contribution in [2.24, 2.45) is 0 Å². The van der Waals surface area contributed by atoms with E-state index in [1.165, 1.54) is 58.8 Å². The Balaban J connectivity index is 1.43. The third-order valence-corrected chi connectivity index (χ3v) is 4.44. The molecular formula is C12H24N4. The summed E-state index contributed by atoms with van der Waals surface area (Å²) in [4.78, 5) is 7.82. The van der Waals surface area contributed by atoms with Crippen LogP contribution in [-0.2, 0) is 0 Å². The molecule has 1 unspecified atom stereocenters. The van der Waals surface area contributed by atoms with Gasteiger partial charge in [-0.25, -0.2) is 0 Å². The average molecular weight is 224 g/mol. The van der Waals surface area contributed by atoms with Gasteiger partial charge >= 0.3 is 0 Å². The molecule has 0 aromatic carbocycles. The molecule has 3 rings (SSSR count). The third kappa shape index (κ3) is 2.12. The summed E-state index contributed by atoms with van der Waals surface area (Å²) >= 11 is 0.